The van der Waals surface area contributed by atoms with Crippen LogP contribution in [-0.2, 0) is 11.8 Å². The quantitative estimate of drug-likeness (QED) is 0.726. The summed E-state index contributed by atoms with van der Waals surface area (Å²) in [6.07, 6.45) is 6.29. The van der Waals surface area contributed by atoms with Gasteiger partial charge in [0.2, 0.25) is 0 Å². The Morgan fingerprint density at radius 1 is 1.69 bits per heavy atom. The third-order valence-corrected chi connectivity index (χ3v) is 2.43. The lowest BCUT2D eigenvalue weighted by atomic mass is 10.1. The maximum absolute atomic E-state index is 5.71. The molecule has 2 N–H and O–H groups in total. The van der Waals surface area contributed by atoms with Gasteiger partial charge in [-0.15, -0.1) is 0 Å². The van der Waals surface area contributed by atoms with E-state index in [1.54, 1.807) is 6.33 Å². The predicted molar refractivity (Wildman–Crippen MR) is 49.1 cm³/mol. The van der Waals surface area contributed by atoms with E-state index in [2.05, 4.69) is 4.98 Å². The lowest BCUT2D eigenvalue weighted by molar-refractivity contribution is 0.0476. The molecule has 1 saturated heterocycles. The van der Waals surface area contributed by atoms with Gasteiger partial charge >= 0.3 is 0 Å². The Bertz CT molecular complexity index is 284. The number of imidazole rings is 1. The van der Waals surface area contributed by atoms with Gasteiger partial charge in [0.25, 0.3) is 0 Å². The Kier molecular flexibility index (Phi) is 2.33. The molecular weight excluding hydrogens is 166 g/mol. The van der Waals surface area contributed by atoms with Crippen molar-refractivity contribution in [3.8, 4) is 0 Å². The molecular formula is C9H15N3O. The molecule has 0 saturated carbocycles. The van der Waals surface area contributed by atoms with Crippen molar-refractivity contribution in [2.45, 2.75) is 25.0 Å². The van der Waals surface area contributed by atoms with Crippen molar-refractivity contribution in [2.75, 3.05) is 6.54 Å². The summed E-state index contributed by atoms with van der Waals surface area (Å²) in [4.78, 5) is 4.26. The molecule has 1 aromatic rings. The van der Waals surface area contributed by atoms with Gasteiger partial charge in [0, 0.05) is 19.8 Å². The van der Waals surface area contributed by atoms with E-state index in [1.807, 2.05) is 17.8 Å². The first-order valence-electron chi connectivity index (χ1n) is 4.63. The van der Waals surface area contributed by atoms with Crippen LogP contribution in [0.4, 0.5) is 0 Å². The standard InChI is InChI=1S/C9H15N3O/c1-12-5-8(11-6-12)9-3-2-7(4-10)13-9/h5-7,9H,2-4,10H2,1H3. The monoisotopic (exact) mass is 181 g/mol. The molecule has 1 fully saturated rings. The van der Waals surface area contributed by atoms with Crippen LogP contribution in [0.25, 0.3) is 0 Å². The van der Waals surface area contributed by atoms with Crippen molar-refractivity contribution in [3.05, 3.63) is 18.2 Å². The van der Waals surface area contributed by atoms with Crippen molar-refractivity contribution in [2.24, 2.45) is 12.8 Å². The van der Waals surface area contributed by atoms with Gasteiger partial charge in [-0.3, -0.25) is 0 Å². The Morgan fingerprint density at radius 2 is 2.54 bits per heavy atom. The maximum Gasteiger partial charge on any atom is 0.101 e. The fraction of sp³-hybridized carbons (Fsp3) is 0.667. The molecule has 2 atom stereocenters. The third-order valence-electron chi connectivity index (χ3n) is 2.43. The number of hydrogen-bond donors (Lipinski definition) is 1. The fourth-order valence-electron chi connectivity index (χ4n) is 1.70. The number of hydrogen-bond acceptors (Lipinski definition) is 3. The van der Waals surface area contributed by atoms with Crippen molar-refractivity contribution in [1.82, 2.24) is 9.55 Å². The first-order chi connectivity index (χ1) is 6.29. The molecule has 1 aliphatic rings. The average Bonchev–Trinajstić information content (AvgIpc) is 2.71. The van der Waals surface area contributed by atoms with Gasteiger partial charge < -0.3 is 15.0 Å². The highest BCUT2D eigenvalue weighted by atomic mass is 16.5. The van der Waals surface area contributed by atoms with E-state index in [4.69, 9.17) is 10.5 Å². The SMILES string of the molecule is Cn1cnc(C2CCC(CN)O2)c1. The molecule has 13 heavy (non-hydrogen) atoms. The lowest BCUT2D eigenvalue weighted by Gasteiger charge is -2.09. The number of ether oxygens (including phenoxy) is 1. The molecule has 0 bridgehead atoms. The van der Waals surface area contributed by atoms with E-state index in [-0.39, 0.29) is 12.2 Å². The number of aromatic nitrogens is 2. The molecule has 0 aromatic carbocycles. The number of nitrogens with zero attached hydrogens (tertiary/aromatic N) is 2. The molecule has 4 heteroatoms. The third kappa shape index (κ3) is 1.73. The van der Waals surface area contributed by atoms with Gasteiger partial charge in [-0.05, 0) is 12.8 Å². The molecule has 1 aliphatic heterocycles. The van der Waals surface area contributed by atoms with Crippen LogP contribution >= 0.6 is 0 Å². The Hall–Kier alpha value is -0.870. The smallest absolute Gasteiger partial charge is 0.101 e. The summed E-state index contributed by atoms with van der Waals surface area (Å²) in [6, 6.07) is 0. The number of aryl methyl sites for hydroxylation is 1. The molecule has 72 valence electrons. The molecule has 0 amide bonds. The molecule has 1 aromatic heterocycles. The topological polar surface area (TPSA) is 53.1 Å². The molecule has 2 heterocycles. The van der Waals surface area contributed by atoms with Crippen LogP contribution in [0.15, 0.2) is 12.5 Å². The first-order valence-corrected chi connectivity index (χ1v) is 4.63. The lowest BCUT2D eigenvalue weighted by Crippen LogP contribution is -2.18. The minimum Gasteiger partial charge on any atom is -0.367 e. The molecule has 0 radical (unpaired) electrons. The van der Waals surface area contributed by atoms with Gasteiger partial charge in [0.05, 0.1) is 18.1 Å². The van der Waals surface area contributed by atoms with Crippen LogP contribution in [0.3, 0.4) is 0 Å². The summed E-state index contributed by atoms with van der Waals surface area (Å²) < 4.78 is 7.65. The normalized spacial score (nSPS) is 28.2. The van der Waals surface area contributed by atoms with Crippen LogP contribution in [-0.4, -0.2) is 22.2 Å². The number of nitrogens with two attached hydrogens (primary N) is 1. The predicted octanol–water partition coefficient (Wildman–Crippen LogP) is 0.599. The van der Waals surface area contributed by atoms with Gasteiger partial charge in [-0.2, -0.15) is 0 Å². The van der Waals surface area contributed by atoms with E-state index < -0.39 is 0 Å². The average molecular weight is 181 g/mol. The van der Waals surface area contributed by atoms with Crippen molar-refractivity contribution < 1.29 is 4.74 Å². The maximum atomic E-state index is 5.71. The minimum absolute atomic E-state index is 0.162. The van der Waals surface area contributed by atoms with Crippen molar-refractivity contribution in [1.29, 1.82) is 0 Å². The second-order valence-corrected chi connectivity index (χ2v) is 3.52. The zero-order chi connectivity index (χ0) is 9.26. The van der Waals surface area contributed by atoms with Crippen LogP contribution in [0, 0.1) is 0 Å². The van der Waals surface area contributed by atoms with Gasteiger partial charge in [-0.25, -0.2) is 4.98 Å². The van der Waals surface area contributed by atoms with Gasteiger partial charge in [0.15, 0.2) is 0 Å². The van der Waals surface area contributed by atoms with E-state index in [0.717, 1.165) is 18.5 Å². The Labute approximate surface area is 77.7 Å². The first kappa shape index (κ1) is 8.72. The molecule has 2 unspecified atom stereocenters. The van der Waals surface area contributed by atoms with E-state index >= 15 is 0 Å². The highest BCUT2D eigenvalue weighted by Gasteiger charge is 2.26. The molecule has 0 spiro atoms. The summed E-state index contributed by atoms with van der Waals surface area (Å²) in [6.45, 7) is 0.614. The summed E-state index contributed by atoms with van der Waals surface area (Å²) in [5.41, 5.74) is 6.56. The van der Waals surface area contributed by atoms with E-state index in [1.165, 1.54) is 0 Å². The Morgan fingerprint density at radius 3 is 3.08 bits per heavy atom. The van der Waals surface area contributed by atoms with E-state index in [9.17, 15) is 0 Å². The fourth-order valence-corrected chi connectivity index (χ4v) is 1.70. The van der Waals surface area contributed by atoms with Crippen molar-refractivity contribution >= 4 is 0 Å². The summed E-state index contributed by atoms with van der Waals surface area (Å²) in [5.74, 6) is 0. The summed E-state index contributed by atoms with van der Waals surface area (Å²) in [7, 11) is 1.96. The second-order valence-electron chi connectivity index (χ2n) is 3.52. The summed E-state index contributed by atoms with van der Waals surface area (Å²) in [5, 5.41) is 0. The van der Waals surface area contributed by atoms with Gasteiger partial charge in [-0.1, -0.05) is 0 Å². The molecule has 0 aliphatic carbocycles. The van der Waals surface area contributed by atoms with E-state index in [0.29, 0.717) is 6.54 Å². The highest BCUT2D eigenvalue weighted by Crippen LogP contribution is 2.30. The number of rotatable bonds is 2. The van der Waals surface area contributed by atoms with Crippen LogP contribution in [0.1, 0.15) is 24.6 Å². The molecule has 2 rings (SSSR count). The van der Waals surface area contributed by atoms with Crippen LogP contribution in [0.5, 0.6) is 0 Å². The zero-order valence-corrected chi connectivity index (χ0v) is 7.81. The van der Waals surface area contributed by atoms with Crippen molar-refractivity contribution in [3.63, 3.8) is 0 Å². The second kappa shape index (κ2) is 3.47. The largest absolute Gasteiger partial charge is 0.367 e. The highest BCUT2D eigenvalue weighted by molar-refractivity contribution is 5.03. The zero-order valence-electron chi connectivity index (χ0n) is 7.81. The van der Waals surface area contributed by atoms with Gasteiger partial charge in [0.1, 0.15) is 6.10 Å². The Balaban J connectivity index is 2.03. The summed E-state index contributed by atoms with van der Waals surface area (Å²) >= 11 is 0. The van der Waals surface area contributed by atoms with Crippen LogP contribution < -0.4 is 5.73 Å². The molecule has 4 nitrogen and oxygen atoms in total. The van der Waals surface area contributed by atoms with Crippen LogP contribution in [0.2, 0.25) is 0 Å². The minimum atomic E-state index is 0.162.